The maximum atomic E-state index is 12.6. The van der Waals surface area contributed by atoms with Gasteiger partial charge < -0.3 is 24.0 Å². The highest BCUT2D eigenvalue weighted by Crippen LogP contribution is 2.44. The Morgan fingerprint density at radius 3 is 2.54 bits per heavy atom. The number of rotatable bonds is 6. The molecule has 3 rings (SSSR count). The van der Waals surface area contributed by atoms with E-state index in [0.29, 0.717) is 17.4 Å². The molecular formula is C20H30N2O4. The van der Waals surface area contributed by atoms with Crippen LogP contribution in [0, 0.1) is 11.3 Å². The van der Waals surface area contributed by atoms with Crippen molar-refractivity contribution in [3.05, 3.63) is 24.3 Å². The highest BCUT2D eigenvalue weighted by molar-refractivity contribution is 5.78. The largest absolute Gasteiger partial charge is 0.493 e. The van der Waals surface area contributed by atoms with Crippen molar-refractivity contribution in [3.63, 3.8) is 0 Å². The fourth-order valence-electron chi connectivity index (χ4n) is 4.47. The van der Waals surface area contributed by atoms with Crippen molar-refractivity contribution >= 4 is 5.91 Å². The number of amides is 1. The molecule has 144 valence electrons. The molecule has 2 heterocycles. The molecule has 0 saturated carbocycles. The Balaban J connectivity index is 1.53. The number of carbonyl (C=O) groups excluding carboxylic acids is 1. The summed E-state index contributed by atoms with van der Waals surface area (Å²) in [5.74, 6) is 1.85. The fraction of sp³-hybridized carbons (Fsp3) is 0.650. The predicted molar refractivity (Wildman–Crippen MR) is 99.6 cm³/mol. The van der Waals surface area contributed by atoms with Crippen LogP contribution in [0.1, 0.15) is 12.8 Å². The average molecular weight is 362 g/mol. The summed E-state index contributed by atoms with van der Waals surface area (Å²) < 4.78 is 16.4. The molecule has 1 aromatic carbocycles. The van der Waals surface area contributed by atoms with Crippen LogP contribution in [0.4, 0.5) is 0 Å². The van der Waals surface area contributed by atoms with Gasteiger partial charge in [-0.2, -0.15) is 0 Å². The van der Waals surface area contributed by atoms with Crippen LogP contribution < -0.4 is 9.47 Å². The van der Waals surface area contributed by atoms with E-state index in [0.717, 1.165) is 45.6 Å². The molecule has 6 nitrogen and oxygen atoms in total. The zero-order valence-corrected chi connectivity index (χ0v) is 16.1. The number of nitrogens with zero attached hydrogens (tertiary/aromatic N) is 2. The van der Waals surface area contributed by atoms with Gasteiger partial charge in [-0.25, -0.2) is 0 Å². The van der Waals surface area contributed by atoms with Crippen LogP contribution in [-0.4, -0.2) is 76.4 Å². The molecule has 0 radical (unpaired) electrons. The summed E-state index contributed by atoms with van der Waals surface area (Å²) in [6.07, 6.45) is 2.07. The topological polar surface area (TPSA) is 51.2 Å². The fourth-order valence-corrected chi connectivity index (χ4v) is 4.47. The first-order valence-corrected chi connectivity index (χ1v) is 9.29. The van der Waals surface area contributed by atoms with E-state index in [9.17, 15) is 4.79 Å². The first-order chi connectivity index (χ1) is 12.6. The molecule has 1 aromatic rings. The van der Waals surface area contributed by atoms with E-state index in [2.05, 4.69) is 11.9 Å². The van der Waals surface area contributed by atoms with Crippen molar-refractivity contribution in [2.24, 2.45) is 11.3 Å². The monoisotopic (exact) mass is 362 g/mol. The van der Waals surface area contributed by atoms with Gasteiger partial charge in [0.2, 0.25) is 0 Å². The summed E-state index contributed by atoms with van der Waals surface area (Å²) >= 11 is 0. The van der Waals surface area contributed by atoms with Gasteiger partial charge in [-0.05, 0) is 37.4 Å². The maximum absolute atomic E-state index is 12.6. The highest BCUT2D eigenvalue weighted by Gasteiger charge is 2.47. The first-order valence-electron chi connectivity index (χ1n) is 9.29. The molecule has 0 aromatic heterocycles. The Bertz CT molecular complexity index is 614. The van der Waals surface area contributed by atoms with Crippen molar-refractivity contribution in [2.75, 3.05) is 60.7 Å². The lowest BCUT2D eigenvalue weighted by molar-refractivity contribution is -0.136. The Hall–Kier alpha value is -1.79. The minimum absolute atomic E-state index is 0.0420. The third-order valence-electron chi connectivity index (χ3n) is 5.88. The molecule has 1 amide bonds. The number of benzene rings is 1. The SMILES string of the molecule is COC[C@H]1CN(C)CC12CCN(C(=O)COc1ccccc1OC)CC2. The summed E-state index contributed by atoms with van der Waals surface area (Å²) in [5, 5.41) is 0. The van der Waals surface area contributed by atoms with Crippen molar-refractivity contribution in [1.29, 1.82) is 0 Å². The van der Waals surface area contributed by atoms with Crippen LogP contribution in [0.25, 0.3) is 0 Å². The van der Waals surface area contributed by atoms with Gasteiger partial charge in [-0.15, -0.1) is 0 Å². The zero-order valence-electron chi connectivity index (χ0n) is 16.1. The van der Waals surface area contributed by atoms with E-state index in [-0.39, 0.29) is 17.9 Å². The summed E-state index contributed by atoms with van der Waals surface area (Å²) in [4.78, 5) is 16.9. The quantitative estimate of drug-likeness (QED) is 0.774. The van der Waals surface area contributed by atoms with Crippen LogP contribution in [-0.2, 0) is 9.53 Å². The molecule has 2 fully saturated rings. The molecule has 0 N–H and O–H groups in total. The number of methoxy groups -OCH3 is 2. The highest BCUT2D eigenvalue weighted by atomic mass is 16.5. The number of likely N-dealkylation sites (tertiary alicyclic amines) is 2. The van der Waals surface area contributed by atoms with Gasteiger partial charge in [0.05, 0.1) is 13.7 Å². The summed E-state index contributed by atoms with van der Waals surface area (Å²) in [6, 6.07) is 7.41. The van der Waals surface area contributed by atoms with E-state index < -0.39 is 0 Å². The van der Waals surface area contributed by atoms with E-state index in [1.165, 1.54) is 0 Å². The second-order valence-electron chi connectivity index (χ2n) is 7.53. The lowest BCUT2D eigenvalue weighted by atomic mass is 9.71. The van der Waals surface area contributed by atoms with Crippen molar-refractivity contribution in [2.45, 2.75) is 12.8 Å². The summed E-state index contributed by atoms with van der Waals surface area (Å²) in [6.45, 7) is 4.62. The van der Waals surface area contributed by atoms with Gasteiger partial charge in [-0.3, -0.25) is 4.79 Å². The molecule has 26 heavy (non-hydrogen) atoms. The van der Waals surface area contributed by atoms with Gasteiger partial charge in [0.25, 0.3) is 5.91 Å². The average Bonchev–Trinajstić information content (AvgIpc) is 2.95. The van der Waals surface area contributed by atoms with Crippen LogP contribution in [0.5, 0.6) is 11.5 Å². The van der Waals surface area contributed by atoms with Gasteiger partial charge in [0.1, 0.15) is 0 Å². The van der Waals surface area contributed by atoms with Crippen LogP contribution in [0.15, 0.2) is 24.3 Å². The smallest absolute Gasteiger partial charge is 0.260 e. The van der Waals surface area contributed by atoms with Crippen molar-refractivity contribution < 1.29 is 19.0 Å². The van der Waals surface area contributed by atoms with Gasteiger partial charge in [-0.1, -0.05) is 12.1 Å². The van der Waals surface area contributed by atoms with E-state index in [1.54, 1.807) is 14.2 Å². The first kappa shape index (κ1) is 19.0. The molecule has 0 aliphatic carbocycles. The lowest BCUT2D eigenvalue weighted by Crippen LogP contribution is -2.48. The number of carbonyl (C=O) groups is 1. The van der Waals surface area contributed by atoms with Crippen LogP contribution in [0.2, 0.25) is 0 Å². The summed E-state index contributed by atoms with van der Waals surface area (Å²) in [7, 11) is 5.55. The Morgan fingerprint density at radius 2 is 1.88 bits per heavy atom. The lowest BCUT2D eigenvalue weighted by Gasteiger charge is -2.42. The molecule has 1 spiro atoms. The second kappa shape index (κ2) is 8.27. The standard InChI is InChI=1S/C20H30N2O4/c1-21-12-16(13-24-2)20(15-21)8-10-22(11-9-20)19(23)14-26-18-7-5-4-6-17(18)25-3/h4-7,16H,8-15H2,1-3H3/t16-/m1/s1. The maximum Gasteiger partial charge on any atom is 0.260 e. The van der Waals surface area contributed by atoms with Gasteiger partial charge in [0, 0.05) is 39.2 Å². The van der Waals surface area contributed by atoms with Crippen LogP contribution in [0.3, 0.4) is 0 Å². The molecule has 1 atom stereocenters. The Kier molecular flexibility index (Phi) is 6.04. The number of piperidine rings is 1. The Morgan fingerprint density at radius 1 is 1.19 bits per heavy atom. The molecule has 2 aliphatic rings. The van der Waals surface area contributed by atoms with Crippen molar-refractivity contribution in [1.82, 2.24) is 9.80 Å². The number of ether oxygens (including phenoxy) is 3. The molecule has 0 unspecified atom stereocenters. The van der Waals surface area contributed by atoms with Gasteiger partial charge in [0.15, 0.2) is 18.1 Å². The predicted octanol–water partition coefficient (Wildman–Crippen LogP) is 1.89. The minimum Gasteiger partial charge on any atom is -0.493 e. The third kappa shape index (κ3) is 3.96. The number of hydrogen-bond acceptors (Lipinski definition) is 5. The molecule has 6 heteroatoms. The molecule has 0 bridgehead atoms. The van der Waals surface area contributed by atoms with Crippen LogP contribution >= 0.6 is 0 Å². The van der Waals surface area contributed by atoms with Crippen molar-refractivity contribution in [3.8, 4) is 11.5 Å². The molecule has 2 aliphatic heterocycles. The molecule has 2 saturated heterocycles. The third-order valence-corrected chi connectivity index (χ3v) is 5.88. The minimum atomic E-state index is 0.0420. The zero-order chi connectivity index (χ0) is 18.6. The Labute approximate surface area is 156 Å². The summed E-state index contributed by atoms with van der Waals surface area (Å²) in [5.41, 5.74) is 0.283. The molecular weight excluding hydrogens is 332 g/mol. The normalized spacial score (nSPS) is 22.6. The number of hydrogen-bond donors (Lipinski definition) is 0. The van der Waals surface area contributed by atoms with E-state index >= 15 is 0 Å². The number of para-hydroxylation sites is 2. The van der Waals surface area contributed by atoms with Gasteiger partial charge >= 0.3 is 0 Å². The van der Waals surface area contributed by atoms with E-state index in [4.69, 9.17) is 14.2 Å². The van der Waals surface area contributed by atoms with E-state index in [1.807, 2.05) is 29.2 Å². The second-order valence-corrected chi connectivity index (χ2v) is 7.53.